The summed E-state index contributed by atoms with van der Waals surface area (Å²) < 4.78 is 5.28. The van der Waals surface area contributed by atoms with Crippen LogP contribution in [0.5, 0.6) is 0 Å². The number of hydrogen-bond donors (Lipinski definition) is 1. The van der Waals surface area contributed by atoms with Crippen LogP contribution in [-0.2, 0) is 6.54 Å². The Balaban J connectivity index is 2.15. The van der Waals surface area contributed by atoms with Crippen molar-refractivity contribution >= 4 is 11.6 Å². The average molecular weight is 287 g/mol. The molecule has 5 nitrogen and oxygen atoms in total. The third kappa shape index (κ3) is 3.70. The van der Waals surface area contributed by atoms with Gasteiger partial charge in [0, 0.05) is 19.2 Å². The molecule has 21 heavy (non-hydrogen) atoms. The Hall–Kier alpha value is -2.14. The molecular formula is C16H21N3O2. The number of aryl methyl sites for hydroxylation is 3. The van der Waals surface area contributed by atoms with Gasteiger partial charge < -0.3 is 14.6 Å². The predicted molar refractivity (Wildman–Crippen MR) is 82.5 cm³/mol. The molecule has 1 amide bonds. The minimum absolute atomic E-state index is 0.246. The van der Waals surface area contributed by atoms with Gasteiger partial charge in [0.1, 0.15) is 5.76 Å². The summed E-state index contributed by atoms with van der Waals surface area (Å²) >= 11 is 0. The predicted octanol–water partition coefficient (Wildman–Crippen LogP) is 2.91. The fourth-order valence-corrected chi connectivity index (χ4v) is 2.22. The van der Waals surface area contributed by atoms with Crippen molar-refractivity contribution in [1.29, 1.82) is 0 Å². The van der Waals surface area contributed by atoms with Crippen molar-refractivity contribution in [2.75, 3.05) is 19.4 Å². The Morgan fingerprint density at radius 3 is 2.52 bits per heavy atom. The standard InChI is InChI=1S/C16H21N3O2/c1-10-8-14(7-6-13(10)9-19(4)5)18-16(20)15-11(2)21-12(3)17-15/h6-8H,9H2,1-5H3,(H,18,20). The molecular weight excluding hydrogens is 266 g/mol. The van der Waals surface area contributed by atoms with Gasteiger partial charge in [0.25, 0.3) is 5.91 Å². The highest BCUT2D eigenvalue weighted by molar-refractivity contribution is 6.03. The van der Waals surface area contributed by atoms with Crippen LogP contribution in [0.25, 0.3) is 0 Å². The fraction of sp³-hybridized carbons (Fsp3) is 0.375. The van der Waals surface area contributed by atoms with Gasteiger partial charge in [-0.3, -0.25) is 4.79 Å². The molecule has 1 aromatic heterocycles. The molecule has 0 saturated carbocycles. The van der Waals surface area contributed by atoms with Gasteiger partial charge in [0.05, 0.1) is 0 Å². The molecule has 0 spiro atoms. The molecule has 0 bridgehead atoms. The highest BCUT2D eigenvalue weighted by atomic mass is 16.4. The third-order valence-corrected chi connectivity index (χ3v) is 3.21. The van der Waals surface area contributed by atoms with E-state index in [4.69, 9.17) is 4.42 Å². The minimum atomic E-state index is -0.246. The van der Waals surface area contributed by atoms with E-state index >= 15 is 0 Å². The van der Waals surface area contributed by atoms with Crippen LogP contribution in [0.1, 0.15) is 33.3 Å². The van der Waals surface area contributed by atoms with Crippen LogP contribution in [0.2, 0.25) is 0 Å². The number of amides is 1. The lowest BCUT2D eigenvalue weighted by Crippen LogP contribution is -2.15. The number of hydrogen-bond acceptors (Lipinski definition) is 4. The second-order valence-electron chi connectivity index (χ2n) is 5.47. The highest BCUT2D eigenvalue weighted by Crippen LogP contribution is 2.18. The Morgan fingerprint density at radius 1 is 1.29 bits per heavy atom. The van der Waals surface area contributed by atoms with E-state index < -0.39 is 0 Å². The van der Waals surface area contributed by atoms with E-state index in [1.165, 1.54) is 5.56 Å². The first-order valence-corrected chi connectivity index (χ1v) is 6.86. The Bertz CT molecular complexity index is 660. The van der Waals surface area contributed by atoms with Crippen LogP contribution < -0.4 is 5.32 Å². The second kappa shape index (κ2) is 6.10. The van der Waals surface area contributed by atoms with Gasteiger partial charge in [-0.15, -0.1) is 0 Å². The van der Waals surface area contributed by atoms with Crippen LogP contribution in [0, 0.1) is 20.8 Å². The first-order chi connectivity index (χ1) is 9.86. The van der Waals surface area contributed by atoms with Crippen molar-refractivity contribution in [3.63, 3.8) is 0 Å². The summed E-state index contributed by atoms with van der Waals surface area (Å²) in [5, 5.41) is 2.86. The highest BCUT2D eigenvalue weighted by Gasteiger charge is 2.15. The lowest BCUT2D eigenvalue weighted by Gasteiger charge is -2.13. The average Bonchev–Trinajstić information content (AvgIpc) is 2.71. The molecule has 0 atom stereocenters. The number of carbonyl (C=O) groups is 1. The molecule has 5 heteroatoms. The van der Waals surface area contributed by atoms with Gasteiger partial charge in [-0.25, -0.2) is 4.98 Å². The molecule has 112 valence electrons. The van der Waals surface area contributed by atoms with E-state index in [0.717, 1.165) is 17.8 Å². The van der Waals surface area contributed by atoms with Crippen molar-refractivity contribution in [3.8, 4) is 0 Å². The lowest BCUT2D eigenvalue weighted by molar-refractivity contribution is 0.102. The summed E-state index contributed by atoms with van der Waals surface area (Å²) in [7, 11) is 4.07. The maximum atomic E-state index is 12.2. The molecule has 2 aromatic rings. The van der Waals surface area contributed by atoms with Crippen molar-refractivity contribution in [1.82, 2.24) is 9.88 Å². The minimum Gasteiger partial charge on any atom is -0.445 e. The number of nitrogens with zero attached hydrogens (tertiary/aromatic N) is 2. The van der Waals surface area contributed by atoms with Crippen LogP contribution in [0.15, 0.2) is 22.6 Å². The second-order valence-corrected chi connectivity index (χ2v) is 5.47. The van der Waals surface area contributed by atoms with E-state index in [0.29, 0.717) is 17.3 Å². The van der Waals surface area contributed by atoms with E-state index in [9.17, 15) is 4.79 Å². The van der Waals surface area contributed by atoms with Gasteiger partial charge in [0.15, 0.2) is 11.6 Å². The van der Waals surface area contributed by atoms with Gasteiger partial charge in [-0.05, 0) is 51.2 Å². The van der Waals surface area contributed by atoms with Crippen molar-refractivity contribution < 1.29 is 9.21 Å². The summed E-state index contributed by atoms with van der Waals surface area (Å²) in [6.07, 6.45) is 0. The van der Waals surface area contributed by atoms with E-state index in [1.807, 2.05) is 39.2 Å². The summed E-state index contributed by atoms with van der Waals surface area (Å²) in [5.41, 5.74) is 3.49. The Kier molecular flexibility index (Phi) is 4.43. The molecule has 2 rings (SSSR count). The zero-order valence-corrected chi connectivity index (χ0v) is 13.2. The van der Waals surface area contributed by atoms with Gasteiger partial charge >= 0.3 is 0 Å². The van der Waals surface area contributed by atoms with Crippen LogP contribution in [0.4, 0.5) is 5.69 Å². The van der Waals surface area contributed by atoms with Gasteiger partial charge in [0.2, 0.25) is 0 Å². The molecule has 0 fully saturated rings. The summed E-state index contributed by atoms with van der Waals surface area (Å²) in [4.78, 5) is 18.4. The van der Waals surface area contributed by atoms with Crippen LogP contribution >= 0.6 is 0 Å². The molecule has 0 saturated heterocycles. The number of anilines is 1. The maximum absolute atomic E-state index is 12.2. The van der Waals surface area contributed by atoms with Crippen molar-refractivity contribution in [2.24, 2.45) is 0 Å². The lowest BCUT2D eigenvalue weighted by atomic mass is 10.1. The maximum Gasteiger partial charge on any atom is 0.277 e. The Labute approximate surface area is 125 Å². The monoisotopic (exact) mass is 287 g/mol. The SMILES string of the molecule is Cc1nc(C(=O)Nc2ccc(CN(C)C)c(C)c2)c(C)o1. The number of rotatable bonds is 4. The zero-order chi connectivity index (χ0) is 15.6. The normalized spacial score (nSPS) is 11.0. The molecule has 1 aromatic carbocycles. The van der Waals surface area contributed by atoms with Crippen molar-refractivity contribution in [2.45, 2.75) is 27.3 Å². The molecule has 0 radical (unpaired) electrons. The zero-order valence-electron chi connectivity index (χ0n) is 13.2. The molecule has 0 aliphatic heterocycles. The number of benzene rings is 1. The van der Waals surface area contributed by atoms with Crippen LogP contribution in [0.3, 0.4) is 0 Å². The van der Waals surface area contributed by atoms with Crippen LogP contribution in [-0.4, -0.2) is 29.9 Å². The third-order valence-electron chi connectivity index (χ3n) is 3.21. The Morgan fingerprint density at radius 2 is 2.00 bits per heavy atom. The van der Waals surface area contributed by atoms with E-state index in [2.05, 4.69) is 15.2 Å². The first kappa shape index (κ1) is 15.3. The summed E-state index contributed by atoms with van der Waals surface area (Å²) in [5.74, 6) is 0.783. The van der Waals surface area contributed by atoms with Gasteiger partial charge in [-0.1, -0.05) is 6.07 Å². The number of carbonyl (C=O) groups excluding carboxylic acids is 1. The summed E-state index contributed by atoms with van der Waals surface area (Å²) in [6, 6.07) is 5.91. The molecule has 1 heterocycles. The fourth-order valence-electron chi connectivity index (χ4n) is 2.22. The van der Waals surface area contributed by atoms with Crippen molar-refractivity contribution in [3.05, 3.63) is 46.7 Å². The van der Waals surface area contributed by atoms with E-state index in [-0.39, 0.29) is 5.91 Å². The molecule has 0 aliphatic carbocycles. The topological polar surface area (TPSA) is 58.4 Å². The molecule has 0 aliphatic rings. The summed E-state index contributed by atoms with van der Waals surface area (Å²) in [6.45, 7) is 6.38. The number of aromatic nitrogens is 1. The molecule has 1 N–H and O–H groups in total. The smallest absolute Gasteiger partial charge is 0.277 e. The van der Waals surface area contributed by atoms with E-state index in [1.54, 1.807) is 13.8 Å². The van der Waals surface area contributed by atoms with Gasteiger partial charge in [-0.2, -0.15) is 0 Å². The largest absolute Gasteiger partial charge is 0.445 e. The number of nitrogens with one attached hydrogen (secondary N) is 1. The quantitative estimate of drug-likeness (QED) is 0.939. The number of oxazole rings is 1. The first-order valence-electron chi connectivity index (χ1n) is 6.86. The molecule has 0 unspecified atom stereocenters.